The third-order valence-corrected chi connectivity index (χ3v) is 5.60. The van der Waals surface area contributed by atoms with Crippen LogP contribution in [-0.2, 0) is 22.3 Å². The third-order valence-electron chi connectivity index (χ3n) is 4.30. The largest absolute Gasteiger partial charge is 0.313 e. The predicted octanol–water partition coefficient (Wildman–Crippen LogP) is 2.41. The van der Waals surface area contributed by atoms with Crippen molar-refractivity contribution >= 4 is 10.0 Å². The normalized spacial score (nSPS) is 16.9. The van der Waals surface area contributed by atoms with Crippen LogP contribution in [0.5, 0.6) is 0 Å². The average Bonchev–Trinajstić information content (AvgIpc) is 3.24. The Kier molecular flexibility index (Phi) is 5.41. The van der Waals surface area contributed by atoms with Crippen LogP contribution in [0.3, 0.4) is 0 Å². The van der Waals surface area contributed by atoms with Gasteiger partial charge in [0.05, 0.1) is 5.75 Å². The van der Waals surface area contributed by atoms with Gasteiger partial charge in [0.15, 0.2) is 0 Å². The van der Waals surface area contributed by atoms with E-state index in [0.717, 1.165) is 43.5 Å². The molecule has 0 aliphatic heterocycles. The van der Waals surface area contributed by atoms with Gasteiger partial charge in [0, 0.05) is 13.1 Å². The van der Waals surface area contributed by atoms with Gasteiger partial charge < -0.3 is 5.32 Å². The van der Waals surface area contributed by atoms with E-state index in [4.69, 9.17) is 0 Å². The van der Waals surface area contributed by atoms with E-state index < -0.39 is 10.0 Å². The first-order chi connectivity index (χ1) is 9.99. The van der Waals surface area contributed by atoms with Crippen LogP contribution in [0.4, 0.5) is 0 Å². The van der Waals surface area contributed by atoms with Crippen molar-refractivity contribution in [2.45, 2.75) is 45.4 Å². The van der Waals surface area contributed by atoms with Crippen LogP contribution >= 0.6 is 0 Å². The lowest BCUT2D eigenvalue weighted by atomic mass is 10.1. The van der Waals surface area contributed by atoms with Crippen LogP contribution in [0.15, 0.2) is 24.3 Å². The Morgan fingerprint density at radius 1 is 1.19 bits per heavy atom. The zero-order chi connectivity index (χ0) is 15.3. The van der Waals surface area contributed by atoms with E-state index in [-0.39, 0.29) is 11.2 Å². The number of rotatable bonds is 9. The van der Waals surface area contributed by atoms with Crippen LogP contribution in [0, 0.1) is 5.41 Å². The molecule has 0 radical (unpaired) electrons. The van der Waals surface area contributed by atoms with Gasteiger partial charge >= 0.3 is 0 Å². The third kappa shape index (κ3) is 5.09. The van der Waals surface area contributed by atoms with Gasteiger partial charge in [-0.3, -0.25) is 0 Å². The Bertz CT molecular complexity index is 565. The lowest BCUT2D eigenvalue weighted by Gasteiger charge is -2.14. The summed E-state index contributed by atoms with van der Waals surface area (Å²) in [6.45, 7) is 6.45. The summed E-state index contributed by atoms with van der Waals surface area (Å²) >= 11 is 0. The zero-order valence-electron chi connectivity index (χ0n) is 13.0. The molecule has 0 aromatic heterocycles. The summed E-state index contributed by atoms with van der Waals surface area (Å²) in [6, 6.07) is 7.78. The Balaban J connectivity index is 1.93. The molecule has 0 saturated heterocycles. The van der Waals surface area contributed by atoms with Gasteiger partial charge in [0.1, 0.15) is 0 Å². The molecule has 0 amide bonds. The minimum atomic E-state index is -3.25. The van der Waals surface area contributed by atoms with Gasteiger partial charge in [-0.1, -0.05) is 38.1 Å². The van der Waals surface area contributed by atoms with E-state index in [1.165, 1.54) is 0 Å². The van der Waals surface area contributed by atoms with Crippen LogP contribution in [0.1, 0.15) is 44.2 Å². The molecule has 0 bridgehead atoms. The number of hydrogen-bond acceptors (Lipinski definition) is 3. The van der Waals surface area contributed by atoms with Crippen LogP contribution < -0.4 is 10.0 Å². The second-order valence-corrected chi connectivity index (χ2v) is 7.84. The molecular formula is C16H26N2O2S. The summed E-state index contributed by atoms with van der Waals surface area (Å²) in [5.41, 5.74) is 2.20. The predicted molar refractivity (Wildman–Crippen MR) is 86.4 cm³/mol. The fourth-order valence-corrected chi connectivity index (χ4v) is 3.71. The van der Waals surface area contributed by atoms with Gasteiger partial charge in [-0.2, -0.15) is 0 Å². The molecule has 1 aromatic rings. The van der Waals surface area contributed by atoms with Crippen LogP contribution in [-0.4, -0.2) is 21.5 Å². The summed E-state index contributed by atoms with van der Waals surface area (Å²) < 4.78 is 27.2. The van der Waals surface area contributed by atoms with Crippen molar-refractivity contribution in [2.75, 3.05) is 13.1 Å². The molecule has 2 rings (SSSR count). The highest BCUT2D eigenvalue weighted by molar-refractivity contribution is 7.88. The van der Waals surface area contributed by atoms with Gasteiger partial charge in [0.25, 0.3) is 0 Å². The maximum absolute atomic E-state index is 12.2. The molecule has 21 heavy (non-hydrogen) atoms. The Hall–Kier alpha value is -0.910. The molecule has 1 saturated carbocycles. The molecular weight excluding hydrogens is 284 g/mol. The second kappa shape index (κ2) is 6.90. The zero-order valence-corrected chi connectivity index (χ0v) is 13.8. The smallest absolute Gasteiger partial charge is 0.215 e. The van der Waals surface area contributed by atoms with Gasteiger partial charge in [0.2, 0.25) is 10.0 Å². The maximum atomic E-state index is 12.2. The Labute approximate surface area is 128 Å². The number of nitrogens with one attached hydrogen (secondary N) is 2. The molecule has 1 fully saturated rings. The molecule has 0 atom stereocenters. The average molecular weight is 310 g/mol. The summed E-state index contributed by atoms with van der Waals surface area (Å²) in [7, 11) is -3.25. The molecule has 5 heteroatoms. The van der Waals surface area contributed by atoms with Crippen LogP contribution in [0.2, 0.25) is 0 Å². The van der Waals surface area contributed by atoms with E-state index in [1.54, 1.807) is 0 Å². The van der Waals surface area contributed by atoms with Crippen LogP contribution in [0.25, 0.3) is 0 Å². The molecule has 4 nitrogen and oxygen atoms in total. The highest BCUT2D eigenvalue weighted by Gasteiger charge is 2.41. The van der Waals surface area contributed by atoms with E-state index in [9.17, 15) is 8.42 Å². The van der Waals surface area contributed by atoms with Crippen molar-refractivity contribution in [1.82, 2.24) is 10.0 Å². The fraction of sp³-hybridized carbons (Fsp3) is 0.625. The molecule has 0 heterocycles. The molecule has 0 unspecified atom stereocenters. The lowest BCUT2D eigenvalue weighted by molar-refractivity contribution is 0.475. The van der Waals surface area contributed by atoms with Crippen molar-refractivity contribution in [3.05, 3.63) is 35.4 Å². The molecule has 1 aliphatic carbocycles. The molecule has 1 aliphatic rings. The SMILES string of the molecule is CCNCc1cccc(CS(=O)(=O)NCC2(CC)CC2)c1. The van der Waals surface area contributed by atoms with Crippen molar-refractivity contribution in [2.24, 2.45) is 5.41 Å². The van der Waals surface area contributed by atoms with E-state index in [2.05, 4.69) is 23.9 Å². The number of sulfonamides is 1. The van der Waals surface area contributed by atoms with Crippen molar-refractivity contribution in [3.8, 4) is 0 Å². The van der Waals surface area contributed by atoms with Gasteiger partial charge in [-0.05, 0) is 42.3 Å². The highest BCUT2D eigenvalue weighted by Crippen LogP contribution is 2.47. The van der Waals surface area contributed by atoms with E-state index >= 15 is 0 Å². The second-order valence-electron chi connectivity index (χ2n) is 6.03. The molecule has 1 aromatic carbocycles. The number of benzene rings is 1. The van der Waals surface area contributed by atoms with E-state index in [0.29, 0.717) is 6.54 Å². The Morgan fingerprint density at radius 3 is 2.52 bits per heavy atom. The minimum Gasteiger partial charge on any atom is -0.313 e. The summed E-state index contributed by atoms with van der Waals surface area (Å²) in [5, 5.41) is 3.25. The van der Waals surface area contributed by atoms with E-state index in [1.807, 2.05) is 24.3 Å². The summed E-state index contributed by atoms with van der Waals surface area (Å²) in [4.78, 5) is 0. The molecule has 2 N–H and O–H groups in total. The first-order valence-electron chi connectivity index (χ1n) is 7.74. The van der Waals surface area contributed by atoms with Crippen molar-refractivity contribution < 1.29 is 8.42 Å². The number of hydrogen-bond donors (Lipinski definition) is 2. The van der Waals surface area contributed by atoms with Gasteiger partial charge in [-0.25, -0.2) is 13.1 Å². The highest BCUT2D eigenvalue weighted by atomic mass is 32.2. The summed E-state index contributed by atoms with van der Waals surface area (Å²) in [5.74, 6) is 0.0623. The first kappa shape index (κ1) is 16.5. The molecule has 0 spiro atoms. The monoisotopic (exact) mass is 310 g/mol. The fourth-order valence-electron chi connectivity index (χ4n) is 2.46. The quantitative estimate of drug-likeness (QED) is 0.736. The van der Waals surface area contributed by atoms with Crippen molar-refractivity contribution in [1.29, 1.82) is 0 Å². The first-order valence-corrected chi connectivity index (χ1v) is 9.40. The molecule has 118 valence electrons. The summed E-state index contributed by atoms with van der Waals surface area (Å²) in [6.07, 6.45) is 3.34. The lowest BCUT2D eigenvalue weighted by Crippen LogP contribution is -2.31. The maximum Gasteiger partial charge on any atom is 0.215 e. The van der Waals surface area contributed by atoms with Gasteiger partial charge in [-0.15, -0.1) is 0 Å². The Morgan fingerprint density at radius 2 is 1.90 bits per heavy atom. The minimum absolute atomic E-state index is 0.0623. The van der Waals surface area contributed by atoms with Crippen molar-refractivity contribution in [3.63, 3.8) is 0 Å². The standard InChI is InChI=1S/C16H26N2O2S/c1-3-16(8-9-16)13-18-21(19,20)12-15-7-5-6-14(10-15)11-17-4-2/h5-7,10,17-18H,3-4,8-9,11-13H2,1-2H3. The topological polar surface area (TPSA) is 58.2 Å².